The van der Waals surface area contributed by atoms with Gasteiger partial charge in [0, 0.05) is 30.8 Å². The van der Waals surface area contributed by atoms with E-state index in [1.165, 1.54) is 0 Å². The first-order valence-corrected chi connectivity index (χ1v) is 11.6. The van der Waals surface area contributed by atoms with Crippen molar-refractivity contribution in [3.63, 3.8) is 0 Å². The van der Waals surface area contributed by atoms with E-state index in [1.807, 2.05) is 56.3 Å². The normalized spacial score (nSPS) is 15.1. The van der Waals surface area contributed by atoms with Crippen LogP contribution in [0.1, 0.15) is 33.5 Å². The Labute approximate surface area is 205 Å². The number of para-hydroxylation sites is 2. The molecule has 1 aliphatic rings. The van der Waals surface area contributed by atoms with E-state index in [4.69, 9.17) is 4.74 Å². The zero-order valence-electron chi connectivity index (χ0n) is 20.1. The Kier molecular flexibility index (Phi) is 7.15. The van der Waals surface area contributed by atoms with Gasteiger partial charge < -0.3 is 20.3 Å². The number of amides is 3. The maximum Gasteiger partial charge on any atom is 0.253 e. The lowest BCUT2D eigenvalue weighted by Gasteiger charge is -2.20. The summed E-state index contributed by atoms with van der Waals surface area (Å²) in [5, 5.41) is 5.76. The molecule has 4 rings (SSSR count). The molecule has 0 unspecified atom stereocenters. The van der Waals surface area contributed by atoms with Crippen molar-refractivity contribution in [2.45, 2.75) is 26.8 Å². The van der Waals surface area contributed by atoms with E-state index in [0.29, 0.717) is 23.5 Å². The van der Waals surface area contributed by atoms with E-state index >= 15 is 0 Å². The van der Waals surface area contributed by atoms with Crippen molar-refractivity contribution < 1.29 is 19.1 Å². The Bertz CT molecular complexity index is 1270. The van der Waals surface area contributed by atoms with Gasteiger partial charge in [-0.2, -0.15) is 0 Å². The fraction of sp³-hybridized carbons (Fsp3) is 0.250. The predicted octanol–water partition coefficient (Wildman–Crippen LogP) is 4.23. The summed E-state index contributed by atoms with van der Waals surface area (Å²) in [5.41, 5.74) is 4.57. The second-order valence-corrected chi connectivity index (χ2v) is 8.65. The molecule has 35 heavy (non-hydrogen) atoms. The SMILES string of the molecule is COc1ccccc1CNC(=O)c1ccccc1NC(=O)[C@@H]1CC(=O)N(c2cccc(C)c2C)C1. The summed E-state index contributed by atoms with van der Waals surface area (Å²) in [4.78, 5) is 40.4. The van der Waals surface area contributed by atoms with Crippen LogP contribution in [0.15, 0.2) is 66.7 Å². The number of hydrogen-bond donors (Lipinski definition) is 2. The number of nitrogens with zero attached hydrogens (tertiary/aromatic N) is 1. The molecule has 0 aliphatic carbocycles. The maximum atomic E-state index is 13.1. The van der Waals surface area contributed by atoms with Crippen LogP contribution in [0.2, 0.25) is 0 Å². The topological polar surface area (TPSA) is 87.7 Å². The zero-order chi connectivity index (χ0) is 24.9. The van der Waals surface area contributed by atoms with Gasteiger partial charge in [0.2, 0.25) is 11.8 Å². The highest BCUT2D eigenvalue weighted by Gasteiger charge is 2.36. The van der Waals surface area contributed by atoms with Crippen molar-refractivity contribution in [3.8, 4) is 5.75 Å². The molecule has 3 aromatic rings. The van der Waals surface area contributed by atoms with Crippen LogP contribution in [-0.4, -0.2) is 31.4 Å². The Morgan fingerprint density at radius 2 is 1.74 bits per heavy atom. The molecule has 7 nitrogen and oxygen atoms in total. The molecule has 7 heteroatoms. The molecule has 0 bridgehead atoms. The number of nitrogens with one attached hydrogen (secondary N) is 2. The Balaban J connectivity index is 1.44. The lowest BCUT2D eigenvalue weighted by atomic mass is 10.1. The van der Waals surface area contributed by atoms with Crippen LogP contribution < -0.4 is 20.3 Å². The van der Waals surface area contributed by atoms with E-state index < -0.39 is 5.92 Å². The average Bonchev–Trinajstić information content (AvgIpc) is 3.26. The van der Waals surface area contributed by atoms with Crippen molar-refractivity contribution in [3.05, 3.63) is 89.0 Å². The van der Waals surface area contributed by atoms with Gasteiger partial charge in [-0.25, -0.2) is 0 Å². The second-order valence-electron chi connectivity index (χ2n) is 8.65. The first-order chi connectivity index (χ1) is 16.9. The number of carbonyl (C=O) groups is 3. The van der Waals surface area contributed by atoms with Crippen LogP contribution >= 0.6 is 0 Å². The van der Waals surface area contributed by atoms with Gasteiger partial charge in [-0.05, 0) is 49.2 Å². The van der Waals surface area contributed by atoms with Crippen LogP contribution in [0.25, 0.3) is 0 Å². The number of rotatable bonds is 7. The Hall–Kier alpha value is -4.13. The average molecular weight is 472 g/mol. The summed E-state index contributed by atoms with van der Waals surface area (Å²) >= 11 is 0. The van der Waals surface area contributed by atoms with E-state index in [9.17, 15) is 14.4 Å². The molecular weight excluding hydrogens is 442 g/mol. The summed E-state index contributed by atoms with van der Waals surface area (Å²) in [6.45, 7) is 4.56. The molecule has 1 heterocycles. The number of hydrogen-bond acceptors (Lipinski definition) is 4. The number of benzene rings is 3. The molecule has 2 N–H and O–H groups in total. The minimum atomic E-state index is -0.507. The van der Waals surface area contributed by atoms with Crippen molar-refractivity contribution in [2.24, 2.45) is 5.92 Å². The first kappa shape index (κ1) is 24.0. The molecule has 180 valence electrons. The summed E-state index contributed by atoms with van der Waals surface area (Å²) in [6.07, 6.45) is 0.126. The Morgan fingerprint density at radius 3 is 2.54 bits per heavy atom. The highest BCUT2D eigenvalue weighted by molar-refractivity contribution is 6.07. The van der Waals surface area contributed by atoms with Gasteiger partial charge in [-0.1, -0.05) is 42.5 Å². The van der Waals surface area contributed by atoms with Crippen LogP contribution in [0.5, 0.6) is 5.75 Å². The molecular formula is C28H29N3O4. The monoisotopic (exact) mass is 471 g/mol. The highest BCUT2D eigenvalue weighted by atomic mass is 16.5. The number of methoxy groups -OCH3 is 1. The predicted molar refractivity (Wildman–Crippen MR) is 136 cm³/mol. The quantitative estimate of drug-likeness (QED) is 0.540. The third-order valence-corrected chi connectivity index (χ3v) is 6.42. The largest absolute Gasteiger partial charge is 0.496 e. The second kappa shape index (κ2) is 10.4. The molecule has 1 aliphatic heterocycles. The number of carbonyl (C=O) groups excluding carboxylic acids is 3. The van der Waals surface area contributed by atoms with E-state index in [1.54, 1.807) is 36.3 Å². The van der Waals surface area contributed by atoms with E-state index in [-0.39, 0.29) is 30.7 Å². The van der Waals surface area contributed by atoms with Gasteiger partial charge in [-0.3, -0.25) is 14.4 Å². The molecule has 1 fully saturated rings. The van der Waals surface area contributed by atoms with E-state index in [0.717, 1.165) is 22.4 Å². The number of ether oxygens (including phenoxy) is 1. The molecule has 0 radical (unpaired) electrons. The minimum absolute atomic E-state index is 0.0818. The summed E-state index contributed by atoms with van der Waals surface area (Å²) < 4.78 is 5.34. The smallest absolute Gasteiger partial charge is 0.253 e. The third-order valence-electron chi connectivity index (χ3n) is 6.42. The third kappa shape index (κ3) is 5.19. The summed E-state index contributed by atoms with van der Waals surface area (Å²) in [7, 11) is 1.58. The number of aryl methyl sites for hydroxylation is 1. The molecule has 1 saturated heterocycles. The molecule has 0 spiro atoms. The van der Waals surface area contributed by atoms with Gasteiger partial charge in [0.05, 0.1) is 24.3 Å². The van der Waals surface area contributed by atoms with Crippen molar-refractivity contribution >= 4 is 29.1 Å². The van der Waals surface area contributed by atoms with Crippen LogP contribution in [0.3, 0.4) is 0 Å². The molecule has 0 saturated carbocycles. The van der Waals surface area contributed by atoms with Gasteiger partial charge in [0.15, 0.2) is 0 Å². The zero-order valence-corrected chi connectivity index (χ0v) is 20.1. The van der Waals surface area contributed by atoms with Crippen LogP contribution in [-0.2, 0) is 16.1 Å². The minimum Gasteiger partial charge on any atom is -0.496 e. The lowest BCUT2D eigenvalue weighted by Crippen LogP contribution is -2.30. The van der Waals surface area contributed by atoms with Crippen LogP contribution in [0, 0.1) is 19.8 Å². The van der Waals surface area contributed by atoms with Gasteiger partial charge in [-0.15, -0.1) is 0 Å². The van der Waals surface area contributed by atoms with E-state index in [2.05, 4.69) is 10.6 Å². The van der Waals surface area contributed by atoms with Crippen molar-refractivity contribution in [2.75, 3.05) is 23.9 Å². The molecule has 3 amide bonds. The van der Waals surface area contributed by atoms with Gasteiger partial charge >= 0.3 is 0 Å². The van der Waals surface area contributed by atoms with Gasteiger partial charge in [0.1, 0.15) is 5.75 Å². The standard InChI is InChI=1S/C28H29N3O4/c1-18-9-8-13-24(19(18)2)31-17-21(15-26(31)32)27(33)30-23-12-6-5-11-22(23)28(34)29-16-20-10-4-7-14-25(20)35-3/h4-14,21H,15-17H2,1-3H3,(H,29,34)(H,30,33)/t21-/m1/s1. The molecule has 3 aromatic carbocycles. The summed E-state index contributed by atoms with van der Waals surface area (Å²) in [5.74, 6) is -0.495. The fourth-order valence-electron chi connectivity index (χ4n) is 4.29. The van der Waals surface area contributed by atoms with Crippen molar-refractivity contribution in [1.82, 2.24) is 5.32 Å². The fourth-order valence-corrected chi connectivity index (χ4v) is 4.29. The van der Waals surface area contributed by atoms with Gasteiger partial charge in [0.25, 0.3) is 5.91 Å². The first-order valence-electron chi connectivity index (χ1n) is 11.6. The summed E-state index contributed by atoms with van der Waals surface area (Å²) in [6, 6.07) is 20.1. The Morgan fingerprint density at radius 1 is 1.00 bits per heavy atom. The lowest BCUT2D eigenvalue weighted by molar-refractivity contribution is -0.122. The molecule has 0 aromatic heterocycles. The maximum absolute atomic E-state index is 13.1. The van der Waals surface area contributed by atoms with Crippen molar-refractivity contribution in [1.29, 1.82) is 0 Å². The number of anilines is 2. The van der Waals surface area contributed by atoms with Crippen LogP contribution in [0.4, 0.5) is 11.4 Å². The molecule has 1 atom stereocenters. The highest BCUT2D eigenvalue weighted by Crippen LogP contribution is 2.30.